The zero-order valence-corrected chi connectivity index (χ0v) is 16.3. The van der Waals surface area contributed by atoms with E-state index in [1.54, 1.807) is 12.1 Å². The van der Waals surface area contributed by atoms with Gasteiger partial charge in [-0.15, -0.1) is 0 Å². The quantitative estimate of drug-likeness (QED) is 0.769. The molecular formula is C16H23BrN2O4S. The number of rotatable bonds is 6. The lowest BCUT2D eigenvalue weighted by Crippen LogP contribution is -2.40. The lowest BCUT2D eigenvalue weighted by Gasteiger charge is -2.26. The molecule has 0 radical (unpaired) electrons. The molecule has 6 nitrogen and oxygen atoms in total. The molecule has 1 saturated heterocycles. The number of carbonyl (C=O) groups excluding carboxylic acids is 1. The van der Waals surface area contributed by atoms with Crippen molar-refractivity contribution in [2.75, 3.05) is 26.3 Å². The average Bonchev–Trinajstić information content (AvgIpc) is 2.60. The zero-order valence-electron chi connectivity index (χ0n) is 13.9. The third-order valence-electron chi connectivity index (χ3n) is 4.10. The van der Waals surface area contributed by atoms with Crippen molar-refractivity contribution in [3.63, 3.8) is 0 Å². The number of ether oxygens (including phenoxy) is 1. The van der Waals surface area contributed by atoms with E-state index in [9.17, 15) is 13.2 Å². The van der Waals surface area contributed by atoms with E-state index in [2.05, 4.69) is 21.2 Å². The fraction of sp³-hybridized carbons (Fsp3) is 0.562. The van der Waals surface area contributed by atoms with Gasteiger partial charge in [0, 0.05) is 29.2 Å². The number of halogens is 1. The van der Waals surface area contributed by atoms with Crippen LogP contribution in [0.25, 0.3) is 0 Å². The molecule has 0 saturated carbocycles. The van der Waals surface area contributed by atoms with E-state index >= 15 is 0 Å². The second-order valence-electron chi connectivity index (χ2n) is 5.65. The van der Waals surface area contributed by atoms with Gasteiger partial charge in [0.25, 0.3) is 5.91 Å². The van der Waals surface area contributed by atoms with Crippen molar-refractivity contribution in [1.29, 1.82) is 0 Å². The minimum atomic E-state index is -3.66. The van der Waals surface area contributed by atoms with Crippen molar-refractivity contribution in [1.82, 2.24) is 9.62 Å². The molecule has 1 aromatic carbocycles. The van der Waals surface area contributed by atoms with Crippen LogP contribution in [-0.2, 0) is 14.8 Å². The van der Waals surface area contributed by atoms with Gasteiger partial charge in [-0.25, -0.2) is 8.42 Å². The van der Waals surface area contributed by atoms with Gasteiger partial charge in [-0.1, -0.05) is 13.8 Å². The number of sulfonamides is 1. The van der Waals surface area contributed by atoms with Crippen molar-refractivity contribution >= 4 is 31.9 Å². The molecule has 1 aromatic rings. The van der Waals surface area contributed by atoms with Gasteiger partial charge in [0.15, 0.2) is 0 Å². The minimum absolute atomic E-state index is 0.0837. The monoisotopic (exact) mass is 418 g/mol. The zero-order chi connectivity index (χ0) is 17.7. The first kappa shape index (κ1) is 19.4. The molecule has 0 unspecified atom stereocenters. The number of hydrogen-bond acceptors (Lipinski definition) is 4. The molecule has 0 bridgehead atoms. The van der Waals surface area contributed by atoms with E-state index in [4.69, 9.17) is 4.74 Å². The highest BCUT2D eigenvalue weighted by molar-refractivity contribution is 9.10. The van der Waals surface area contributed by atoms with Crippen LogP contribution in [0.1, 0.15) is 37.0 Å². The smallest absolute Gasteiger partial charge is 0.251 e. The summed E-state index contributed by atoms with van der Waals surface area (Å²) >= 11 is 3.29. The Labute approximate surface area is 151 Å². The van der Waals surface area contributed by atoms with Gasteiger partial charge in [-0.2, -0.15) is 4.31 Å². The molecule has 134 valence electrons. The predicted molar refractivity (Wildman–Crippen MR) is 95.6 cm³/mol. The van der Waals surface area contributed by atoms with Crippen LogP contribution in [0.3, 0.4) is 0 Å². The molecule has 1 amide bonds. The van der Waals surface area contributed by atoms with Crippen LogP contribution in [0.5, 0.6) is 0 Å². The summed E-state index contributed by atoms with van der Waals surface area (Å²) in [6.45, 7) is 5.41. The Hall–Kier alpha value is -0.960. The second kappa shape index (κ2) is 8.42. The van der Waals surface area contributed by atoms with Crippen molar-refractivity contribution in [3.8, 4) is 0 Å². The fourth-order valence-electron chi connectivity index (χ4n) is 2.53. The SMILES string of the molecule is CCC(CC)NC(=O)c1ccc(Br)c(S(=O)(=O)N2CCOCC2)c1. The highest BCUT2D eigenvalue weighted by Gasteiger charge is 2.29. The molecule has 2 rings (SSSR count). The molecular weight excluding hydrogens is 396 g/mol. The highest BCUT2D eigenvalue weighted by Crippen LogP contribution is 2.27. The second-order valence-corrected chi connectivity index (χ2v) is 8.41. The minimum Gasteiger partial charge on any atom is -0.379 e. The standard InChI is InChI=1S/C16H23BrN2O4S/c1-3-13(4-2)18-16(20)12-5-6-14(17)15(11-12)24(21,22)19-7-9-23-10-8-19/h5-6,11,13H,3-4,7-10H2,1-2H3,(H,18,20). The summed E-state index contributed by atoms with van der Waals surface area (Å²) in [4.78, 5) is 12.5. The summed E-state index contributed by atoms with van der Waals surface area (Å²) in [7, 11) is -3.66. The summed E-state index contributed by atoms with van der Waals surface area (Å²) < 4.78 is 32.7. The topological polar surface area (TPSA) is 75.7 Å². The molecule has 0 atom stereocenters. The van der Waals surface area contributed by atoms with Crippen molar-refractivity contribution < 1.29 is 17.9 Å². The van der Waals surface area contributed by atoms with Gasteiger partial charge in [-0.05, 0) is 47.0 Å². The number of benzene rings is 1. The Morgan fingerprint density at radius 2 is 1.92 bits per heavy atom. The summed E-state index contributed by atoms with van der Waals surface area (Å²) in [6.07, 6.45) is 1.66. The van der Waals surface area contributed by atoms with E-state index in [1.807, 2.05) is 13.8 Å². The Balaban J connectivity index is 2.29. The number of morpholine rings is 1. The third-order valence-corrected chi connectivity index (χ3v) is 6.99. The first-order valence-electron chi connectivity index (χ1n) is 8.08. The van der Waals surface area contributed by atoms with E-state index in [0.29, 0.717) is 36.3 Å². The summed E-state index contributed by atoms with van der Waals surface area (Å²) in [6, 6.07) is 4.75. The van der Waals surface area contributed by atoms with Crippen LogP contribution in [0.2, 0.25) is 0 Å². The number of hydrogen-bond donors (Lipinski definition) is 1. The number of amides is 1. The van der Waals surface area contributed by atoms with E-state index in [1.165, 1.54) is 10.4 Å². The molecule has 0 spiro atoms. The largest absolute Gasteiger partial charge is 0.379 e. The predicted octanol–water partition coefficient (Wildman–Crippen LogP) is 2.39. The van der Waals surface area contributed by atoms with Crippen molar-refractivity contribution in [2.24, 2.45) is 0 Å². The van der Waals surface area contributed by atoms with Crippen molar-refractivity contribution in [2.45, 2.75) is 37.6 Å². The molecule has 1 aliphatic rings. The molecule has 0 aliphatic carbocycles. The molecule has 1 aliphatic heterocycles. The summed E-state index contributed by atoms with van der Waals surface area (Å²) in [5, 5.41) is 2.93. The normalized spacial score (nSPS) is 16.3. The lowest BCUT2D eigenvalue weighted by molar-refractivity contribution is 0.0730. The van der Waals surface area contributed by atoms with Crippen LogP contribution in [-0.4, -0.2) is 51.0 Å². The Kier molecular flexibility index (Phi) is 6.79. The molecule has 0 aromatic heterocycles. The van der Waals surface area contributed by atoms with Crippen LogP contribution in [0, 0.1) is 0 Å². The molecule has 1 N–H and O–H groups in total. The Morgan fingerprint density at radius 3 is 2.50 bits per heavy atom. The van der Waals surface area contributed by atoms with Crippen LogP contribution >= 0.6 is 15.9 Å². The Morgan fingerprint density at radius 1 is 1.29 bits per heavy atom. The third kappa shape index (κ3) is 4.36. The number of nitrogens with one attached hydrogen (secondary N) is 1. The number of carbonyl (C=O) groups is 1. The maximum atomic E-state index is 12.8. The Bertz CT molecular complexity index is 683. The van der Waals surface area contributed by atoms with Crippen LogP contribution in [0.15, 0.2) is 27.6 Å². The van der Waals surface area contributed by atoms with E-state index in [0.717, 1.165) is 12.8 Å². The maximum Gasteiger partial charge on any atom is 0.251 e. The first-order valence-corrected chi connectivity index (χ1v) is 10.3. The van der Waals surface area contributed by atoms with E-state index < -0.39 is 10.0 Å². The van der Waals surface area contributed by atoms with E-state index in [-0.39, 0.29) is 16.8 Å². The first-order chi connectivity index (χ1) is 11.4. The van der Waals surface area contributed by atoms with Gasteiger partial charge in [0.2, 0.25) is 10.0 Å². The molecule has 8 heteroatoms. The van der Waals surface area contributed by atoms with Gasteiger partial charge < -0.3 is 10.1 Å². The van der Waals surface area contributed by atoms with Gasteiger partial charge >= 0.3 is 0 Å². The number of nitrogens with zero attached hydrogens (tertiary/aromatic N) is 1. The highest BCUT2D eigenvalue weighted by atomic mass is 79.9. The maximum absolute atomic E-state index is 12.8. The van der Waals surface area contributed by atoms with Crippen molar-refractivity contribution in [3.05, 3.63) is 28.2 Å². The molecule has 24 heavy (non-hydrogen) atoms. The average molecular weight is 419 g/mol. The summed E-state index contributed by atoms with van der Waals surface area (Å²) in [5.74, 6) is -0.255. The van der Waals surface area contributed by atoms with Crippen LogP contribution < -0.4 is 5.32 Å². The van der Waals surface area contributed by atoms with Crippen LogP contribution in [0.4, 0.5) is 0 Å². The summed E-state index contributed by atoms with van der Waals surface area (Å²) in [5.41, 5.74) is 0.344. The van der Waals surface area contributed by atoms with Gasteiger partial charge in [0.1, 0.15) is 0 Å². The molecule has 1 fully saturated rings. The fourth-order valence-corrected chi connectivity index (χ4v) is 4.89. The lowest BCUT2D eigenvalue weighted by atomic mass is 10.1. The molecule has 1 heterocycles. The van der Waals surface area contributed by atoms with Gasteiger partial charge in [0.05, 0.1) is 18.1 Å². The van der Waals surface area contributed by atoms with Gasteiger partial charge in [-0.3, -0.25) is 4.79 Å².